The highest BCUT2D eigenvalue weighted by Gasteiger charge is 2.33. The smallest absolute Gasteiger partial charge is 0.241 e. The van der Waals surface area contributed by atoms with Crippen LogP contribution in [0.2, 0.25) is 10.0 Å². The first-order valence-electron chi connectivity index (χ1n) is 10.6. The van der Waals surface area contributed by atoms with Gasteiger partial charge in [0, 0.05) is 57.5 Å². The summed E-state index contributed by atoms with van der Waals surface area (Å²) < 4.78 is 0. The largest absolute Gasteiger partial charge is 0.368 e. The first-order chi connectivity index (χ1) is 13.6. The molecular formula is C21H30Cl2N4O. The number of benzene rings is 1. The Morgan fingerprint density at radius 1 is 0.964 bits per heavy atom. The fourth-order valence-electron chi connectivity index (χ4n) is 4.80. The molecule has 3 aliphatic rings. The summed E-state index contributed by atoms with van der Waals surface area (Å²) in [6.45, 7) is 5.99. The van der Waals surface area contributed by atoms with E-state index in [0.29, 0.717) is 16.1 Å². The van der Waals surface area contributed by atoms with Gasteiger partial charge in [0.1, 0.15) is 0 Å². The number of amides is 1. The molecule has 4 rings (SSSR count). The summed E-state index contributed by atoms with van der Waals surface area (Å²) in [5.41, 5.74) is 1.07. The summed E-state index contributed by atoms with van der Waals surface area (Å²) in [4.78, 5) is 20.0. The summed E-state index contributed by atoms with van der Waals surface area (Å²) in [6, 6.07) is 6.36. The molecule has 1 amide bonds. The van der Waals surface area contributed by atoms with E-state index in [-0.39, 0.29) is 11.9 Å². The molecule has 2 heterocycles. The molecule has 2 saturated heterocycles. The molecule has 0 radical (unpaired) electrons. The molecule has 1 aromatic carbocycles. The number of rotatable bonds is 3. The van der Waals surface area contributed by atoms with Gasteiger partial charge in [-0.05, 0) is 31.0 Å². The lowest BCUT2D eigenvalue weighted by atomic mass is 9.93. The van der Waals surface area contributed by atoms with Crippen LogP contribution < -0.4 is 10.2 Å². The fourth-order valence-corrected chi connectivity index (χ4v) is 5.10. The van der Waals surface area contributed by atoms with E-state index < -0.39 is 0 Å². The van der Waals surface area contributed by atoms with Gasteiger partial charge in [-0.3, -0.25) is 9.69 Å². The van der Waals surface area contributed by atoms with Crippen LogP contribution in [0.25, 0.3) is 0 Å². The monoisotopic (exact) mass is 424 g/mol. The quantitative estimate of drug-likeness (QED) is 0.807. The van der Waals surface area contributed by atoms with Crippen LogP contribution in [-0.2, 0) is 4.79 Å². The SMILES string of the molecule is O=C([C@H]1CN(C2CCCCC2)CCN1)N1CCN(c2ccc(Cl)c(Cl)c2)CC1. The van der Waals surface area contributed by atoms with Gasteiger partial charge >= 0.3 is 0 Å². The number of hydrogen-bond acceptors (Lipinski definition) is 4. The van der Waals surface area contributed by atoms with E-state index in [1.807, 2.05) is 23.1 Å². The average molecular weight is 425 g/mol. The molecule has 1 aromatic rings. The van der Waals surface area contributed by atoms with Crippen LogP contribution in [0.3, 0.4) is 0 Å². The van der Waals surface area contributed by atoms with E-state index in [0.717, 1.165) is 51.5 Å². The molecule has 0 bridgehead atoms. The molecule has 2 aliphatic heterocycles. The van der Waals surface area contributed by atoms with Gasteiger partial charge in [-0.2, -0.15) is 0 Å². The molecule has 1 aliphatic carbocycles. The molecule has 5 nitrogen and oxygen atoms in total. The van der Waals surface area contributed by atoms with Crippen molar-refractivity contribution in [3.05, 3.63) is 28.2 Å². The number of piperazine rings is 2. The third-order valence-electron chi connectivity index (χ3n) is 6.46. The molecule has 0 unspecified atom stereocenters. The van der Waals surface area contributed by atoms with Crippen molar-refractivity contribution in [2.24, 2.45) is 0 Å². The van der Waals surface area contributed by atoms with Crippen molar-refractivity contribution in [2.45, 2.75) is 44.2 Å². The maximum Gasteiger partial charge on any atom is 0.241 e. The lowest BCUT2D eigenvalue weighted by Gasteiger charge is -2.42. The van der Waals surface area contributed by atoms with Gasteiger partial charge in [-0.25, -0.2) is 0 Å². The van der Waals surface area contributed by atoms with Crippen molar-refractivity contribution in [1.82, 2.24) is 15.1 Å². The number of carbonyl (C=O) groups is 1. The Labute approximate surface area is 177 Å². The Morgan fingerprint density at radius 3 is 2.43 bits per heavy atom. The fraction of sp³-hybridized carbons (Fsp3) is 0.667. The van der Waals surface area contributed by atoms with Crippen molar-refractivity contribution >= 4 is 34.8 Å². The highest BCUT2D eigenvalue weighted by Crippen LogP contribution is 2.28. The van der Waals surface area contributed by atoms with Gasteiger partial charge in [0.05, 0.1) is 16.1 Å². The number of nitrogens with one attached hydrogen (secondary N) is 1. The molecule has 0 aromatic heterocycles. The summed E-state index contributed by atoms with van der Waals surface area (Å²) in [7, 11) is 0. The number of hydrogen-bond donors (Lipinski definition) is 1. The third kappa shape index (κ3) is 4.59. The van der Waals surface area contributed by atoms with Crippen molar-refractivity contribution < 1.29 is 4.79 Å². The maximum atomic E-state index is 13.1. The summed E-state index contributed by atoms with van der Waals surface area (Å²) in [5.74, 6) is 0.259. The van der Waals surface area contributed by atoms with Gasteiger partial charge in [0.25, 0.3) is 0 Å². The summed E-state index contributed by atoms with van der Waals surface area (Å²) in [5, 5.41) is 4.61. The van der Waals surface area contributed by atoms with E-state index in [1.54, 1.807) is 0 Å². The highest BCUT2D eigenvalue weighted by atomic mass is 35.5. The van der Waals surface area contributed by atoms with Crippen LogP contribution in [0, 0.1) is 0 Å². The maximum absolute atomic E-state index is 13.1. The molecule has 1 atom stereocenters. The zero-order valence-electron chi connectivity index (χ0n) is 16.4. The van der Waals surface area contributed by atoms with Crippen LogP contribution in [0.15, 0.2) is 18.2 Å². The zero-order chi connectivity index (χ0) is 19.5. The van der Waals surface area contributed by atoms with Crippen molar-refractivity contribution in [3.63, 3.8) is 0 Å². The van der Waals surface area contributed by atoms with Gasteiger partial charge < -0.3 is 15.1 Å². The van der Waals surface area contributed by atoms with Gasteiger partial charge in [-0.15, -0.1) is 0 Å². The normalized spacial score (nSPS) is 25.1. The Morgan fingerprint density at radius 2 is 1.71 bits per heavy atom. The molecule has 1 N–H and O–H groups in total. The van der Waals surface area contributed by atoms with Crippen molar-refractivity contribution in [3.8, 4) is 0 Å². The Bertz CT molecular complexity index is 687. The minimum absolute atomic E-state index is 0.0628. The molecular weight excluding hydrogens is 395 g/mol. The highest BCUT2D eigenvalue weighted by molar-refractivity contribution is 6.42. The second-order valence-corrected chi connectivity index (χ2v) is 9.02. The minimum Gasteiger partial charge on any atom is -0.368 e. The van der Waals surface area contributed by atoms with Crippen LogP contribution in [0.1, 0.15) is 32.1 Å². The van der Waals surface area contributed by atoms with Gasteiger partial charge in [0.15, 0.2) is 0 Å². The second kappa shape index (κ2) is 9.21. The topological polar surface area (TPSA) is 38.8 Å². The van der Waals surface area contributed by atoms with Gasteiger partial charge in [-0.1, -0.05) is 42.5 Å². The van der Waals surface area contributed by atoms with Crippen LogP contribution in [-0.4, -0.2) is 73.6 Å². The number of nitrogens with zero attached hydrogens (tertiary/aromatic N) is 3. The zero-order valence-corrected chi connectivity index (χ0v) is 17.9. The number of carbonyl (C=O) groups excluding carboxylic acids is 1. The lowest BCUT2D eigenvalue weighted by molar-refractivity contribution is -0.135. The second-order valence-electron chi connectivity index (χ2n) is 8.20. The molecule has 7 heteroatoms. The van der Waals surface area contributed by atoms with Crippen molar-refractivity contribution in [2.75, 3.05) is 50.7 Å². The Hall–Kier alpha value is -1.01. The minimum atomic E-state index is -0.0628. The lowest BCUT2D eigenvalue weighted by Crippen LogP contribution is -2.61. The first kappa shape index (κ1) is 20.3. The number of anilines is 1. The molecule has 3 fully saturated rings. The van der Waals surface area contributed by atoms with E-state index >= 15 is 0 Å². The van der Waals surface area contributed by atoms with Gasteiger partial charge in [0.2, 0.25) is 5.91 Å². The van der Waals surface area contributed by atoms with E-state index in [2.05, 4.69) is 15.1 Å². The molecule has 0 spiro atoms. The van der Waals surface area contributed by atoms with Crippen LogP contribution in [0.5, 0.6) is 0 Å². The number of halogens is 2. The first-order valence-corrected chi connectivity index (χ1v) is 11.3. The summed E-state index contributed by atoms with van der Waals surface area (Å²) in [6.07, 6.45) is 6.63. The van der Waals surface area contributed by atoms with Crippen LogP contribution in [0.4, 0.5) is 5.69 Å². The van der Waals surface area contributed by atoms with E-state index in [1.165, 1.54) is 32.1 Å². The third-order valence-corrected chi connectivity index (χ3v) is 7.19. The average Bonchev–Trinajstić information content (AvgIpc) is 2.76. The Kier molecular flexibility index (Phi) is 6.66. The predicted octanol–water partition coefficient (Wildman–Crippen LogP) is 3.25. The van der Waals surface area contributed by atoms with E-state index in [9.17, 15) is 4.79 Å². The molecule has 28 heavy (non-hydrogen) atoms. The van der Waals surface area contributed by atoms with Crippen LogP contribution >= 0.6 is 23.2 Å². The standard InChI is InChI=1S/C21H30Cl2N4O/c22-18-7-6-17(14-19(18)23)25-10-12-26(13-11-25)21(28)20-15-27(9-8-24-20)16-4-2-1-3-5-16/h6-7,14,16,20,24H,1-5,8-13,15H2/t20-/m1/s1. The Balaban J connectivity index is 1.31. The molecule has 1 saturated carbocycles. The van der Waals surface area contributed by atoms with Crippen molar-refractivity contribution in [1.29, 1.82) is 0 Å². The molecule has 154 valence electrons. The predicted molar refractivity (Wildman–Crippen MR) is 115 cm³/mol. The summed E-state index contributed by atoms with van der Waals surface area (Å²) >= 11 is 12.2. The van der Waals surface area contributed by atoms with E-state index in [4.69, 9.17) is 23.2 Å².